The largest absolute Gasteiger partial charge is 0.454 e. The lowest BCUT2D eigenvalue weighted by atomic mass is 10.2. The fourth-order valence-corrected chi connectivity index (χ4v) is 4.55. The molecule has 0 bridgehead atoms. The second kappa shape index (κ2) is 5.72. The van der Waals surface area contributed by atoms with Gasteiger partial charge < -0.3 is 14.2 Å². The van der Waals surface area contributed by atoms with E-state index in [9.17, 15) is 0 Å². The summed E-state index contributed by atoms with van der Waals surface area (Å²) >= 11 is 3.29. The maximum atomic E-state index is 6.12. The molecule has 0 N–H and O–H groups in total. The first-order valence-corrected chi connectivity index (χ1v) is 9.41. The summed E-state index contributed by atoms with van der Waals surface area (Å²) in [7, 11) is 0. The first-order valence-electron chi connectivity index (χ1n) is 7.65. The minimum atomic E-state index is 0.239. The molecule has 0 fully saturated rings. The smallest absolute Gasteiger partial charge is 0.231 e. The Labute approximate surface area is 151 Å². The molecule has 0 amide bonds. The van der Waals surface area contributed by atoms with Crippen LogP contribution in [0.15, 0.2) is 41.1 Å². The van der Waals surface area contributed by atoms with E-state index in [-0.39, 0.29) is 6.79 Å². The minimum Gasteiger partial charge on any atom is -0.454 e. The van der Waals surface area contributed by atoms with Gasteiger partial charge in [0.1, 0.15) is 16.4 Å². The Morgan fingerprint density at radius 3 is 2.88 bits per heavy atom. The van der Waals surface area contributed by atoms with Gasteiger partial charge >= 0.3 is 0 Å². The number of fused-ring (bicyclic) bond motifs is 2. The molecule has 1 aromatic carbocycles. The average molecular weight is 368 g/mol. The molecule has 5 nitrogen and oxygen atoms in total. The molecule has 7 heteroatoms. The van der Waals surface area contributed by atoms with Crippen LogP contribution in [0.3, 0.4) is 0 Å². The van der Waals surface area contributed by atoms with Gasteiger partial charge in [-0.1, -0.05) is 6.07 Å². The van der Waals surface area contributed by atoms with Gasteiger partial charge in [-0.15, -0.1) is 22.7 Å². The number of ether oxygens (including phenoxy) is 3. The van der Waals surface area contributed by atoms with Crippen molar-refractivity contribution in [2.75, 3.05) is 6.79 Å². The maximum Gasteiger partial charge on any atom is 0.231 e. The highest BCUT2D eigenvalue weighted by Crippen LogP contribution is 2.42. The normalized spacial score (nSPS) is 12.7. The Hall–Kier alpha value is -2.64. The molecule has 0 unspecified atom stereocenters. The Bertz CT molecular complexity index is 1070. The lowest BCUT2D eigenvalue weighted by Gasteiger charge is -2.08. The van der Waals surface area contributed by atoms with Crippen LogP contribution in [0, 0.1) is 6.92 Å². The van der Waals surface area contributed by atoms with E-state index in [2.05, 4.69) is 26.8 Å². The van der Waals surface area contributed by atoms with E-state index in [4.69, 9.17) is 14.2 Å². The molecule has 4 aromatic rings. The molecule has 0 spiro atoms. The topological polar surface area (TPSA) is 53.5 Å². The highest BCUT2D eigenvalue weighted by atomic mass is 32.1. The second-order valence-corrected chi connectivity index (χ2v) is 7.31. The van der Waals surface area contributed by atoms with Crippen LogP contribution in [0.25, 0.3) is 20.7 Å². The summed E-state index contributed by atoms with van der Waals surface area (Å²) in [5, 5.41) is 5.11. The number of benzene rings is 1. The zero-order valence-corrected chi connectivity index (χ0v) is 14.8. The van der Waals surface area contributed by atoms with Crippen LogP contribution < -0.4 is 14.2 Å². The SMILES string of the molecule is Cc1nc(Oc2ccc3c(c2)OCO3)c2c(-c3cccs3)csc2n1. The maximum absolute atomic E-state index is 6.12. The molecule has 0 atom stereocenters. The number of aromatic nitrogens is 2. The van der Waals surface area contributed by atoms with Gasteiger partial charge in [0, 0.05) is 21.9 Å². The quantitative estimate of drug-likeness (QED) is 0.494. The van der Waals surface area contributed by atoms with E-state index in [1.807, 2.05) is 31.2 Å². The molecule has 0 saturated carbocycles. The van der Waals surface area contributed by atoms with Crippen LogP contribution in [0.2, 0.25) is 0 Å². The average Bonchev–Trinajstić information content (AvgIpc) is 3.34. The summed E-state index contributed by atoms with van der Waals surface area (Å²) in [5.41, 5.74) is 1.10. The molecule has 0 aliphatic carbocycles. The molecule has 25 heavy (non-hydrogen) atoms. The predicted molar refractivity (Wildman–Crippen MR) is 98.1 cm³/mol. The molecular weight excluding hydrogens is 356 g/mol. The van der Waals surface area contributed by atoms with E-state index < -0.39 is 0 Å². The van der Waals surface area contributed by atoms with Gasteiger partial charge in [-0.25, -0.2) is 4.98 Å². The van der Waals surface area contributed by atoms with Crippen molar-refractivity contribution in [3.63, 3.8) is 0 Å². The third-order valence-electron chi connectivity index (χ3n) is 3.86. The van der Waals surface area contributed by atoms with Crippen molar-refractivity contribution in [1.29, 1.82) is 0 Å². The number of aryl methyl sites for hydroxylation is 1. The van der Waals surface area contributed by atoms with Gasteiger partial charge in [0.15, 0.2) is 11.5 Å². The Morgan fingerprint density at radius 2 is 2.00 bits per heavy atom. The minimum absolute atomic E-state index is 0.239. The number of hydrogen-bond donors (Lipinski definition) is 0. The monoisotopic (exact) mass is 368 g/mol. The van der Waals surface area contributed by atoms with Gasteiger partial charge in [-0.3, -0.25) is 0 Å². The molecule has 3 aromatic heterocycles. The van der Waals surface area contributed by atoms with Crippen molar-refractivity contribution in [1.82, 2.24) is 9.97 Å². The van der Waals surface area contributed by atoms with Crippen LogP contribution in [0.4, 0.5) is 0 Å². The summed E-state index contributed by atoms with van der Waals surface area (Å²) in [6.07, 6.45) is 0. The highest BCUT2D eigenvalue weighted by molar-refractivity contribution is 7.18. The van der Waals surface area contributed by atoms with E-state index in [1.165, 1.54) is 4.88 Å². The second-order valence-electron chi connectivity index (χ2n) is 5.50. The van der Waals surface area contributed by atoms with E-state index in [1.54, 1.807) is 22.7 Å². The van der Waals surface area contributed by atoms with Crippen LogP contribution in [-0.2, 0) is 0 Å². The highest BCUT2D eigenvalue weighted by Gasteiger charge is 2.18. The van der Waals surface area contributed by atoms with Crippen molar-refractivity contribution in [3.8, 4) is 33.6 Å². The summed E-state index contributed by atoms with van der Waals surface area (Å²) in [4.78, 5) is 11.2. The Kier molecular flexibility index (Phi) is 3.36. The molecule has 1 aliphatic heterocycles. The lowest BCUT2D eigenvalue weighted by molar-refractivity contribution is 0.174. The molecule has 124 valence electrons. The number of nitrogens with zero attached hydrogens (tertiary/aromatic N) is 2. The first-order chi connectivity index (χ1) is 12.3. The predicted octanol–water partition coefficient (Wildman–Crippen LogP) is 5.25. The number of hydrogen-bond acceptors (Lipinski definition) is 7. The zero-order valence-electron chi connectivity index (χ0n) is 13.2. The molecule has 4 heterocycles. The molecule has 0 saturated heterocycles. The third-order valence-corrected chi connectivity index (χ3v) is 5.63. The molecule has 5 rings (SSSR count). The van der Waals surface area contributed by atoms with E-state index in [0.29, 0.717) is 23.2 Å². The van der Waals surface area contributed by atoms with Gasteiger partial charge in [0.05, 0.1) is 5.39 Å². The van der Waals surface area contributed by atoms with Gasteiger partial charge in [0.2, 0.25) is 12.7 Å². The third kappa shape index (κ3) is 2.52. The van der Waals surface area contributed by atoms with Crippen LogP contribution in [-0.4, -0.2) is 16.8 Å². The van der Waals surface area contributed by atoms with Crippen molar-refractivity contribution in [3.05, 3.63) is 46.9 Å². The standard InChI is InChI=1S/C18H12N2O3S2/c1-10-19-17(23-11-4-5-13-14(7-11)22-9-21-13)16-12(8-25-18(16)20-10)15-3-2-6-24-15/h2-8H,9H2,1H3. The fraction of sp³-hybridized carbons (Fsp3) is 0.111. The summed E-state index contributed by atoms with van der Waals surface area (Å²) < 4.78 is 16.9. The summed E-state index contributed by atoms with van der Waals surface area (Å²) in [6.45, 7) is 2.11. The molecule has 0 radical (unpaired) electrons. The fourth-order valence-electron chi connectivity index (χ4n) is 2.75. The van der Waals surface area contributed by atoms with Crippen molar-refractivity contribution in [2.45, 2.75) is 6.92 Å². The Balaban J connectivity index is 1.63. The summed E-state index contributed by atoms with van der Waals surface area (Å²) in [5.74, 6) is 3.32. The number of rotatable bonds is 3. The van der Waals surface area contributed by atoms with Crippen LogP contribution in [0.1, 0.15) is 5.82 Å². The molecule has 1 aliphatic rings. The lowest BCUT2D eigenvalue weighted by Crippen LogP contribution is -1.94. The van der Waals surface area contributed by atoms with Crippen molar-refractivity contribution >= 4 is 32.9 Å². The van der Waals surface area contributed by atoms with E-state index >= 15 is 0 Å². The van der Waals surface area contributed by atoms with Crippen LogP contribution in [0.5, 0.6) is 23.1 Å². The number of thiophene rings is 2. The van der Waals surface area contributed by atoms with Crippen LogP contribution >= 0.6 is 22.7 Å². The zero-order chi connectivity index (χ0) is 16.8. The van der Waals surface area contributed by atoms with E-state index in [0.717, 1.165) is 21.5 Å². The van der Waals surface area contributed by atoms with Crippen molar-refractivity contribution in [2.24, 2.45) is 0 Å². The molecular formula is C18H12N2O3S2. The Morgan fingerprint density at radius 1 is 1.08 bits per heavy atom. The van der Waals surface area contributed by atoms with Gasteiger partial charge in [-0.05, 0) is 30.5 Å². The van der Waals surface area contributed by atoms with Crippen molar-refractivity contribution < 1.29 is 14.2 Å². The van der Waals surface area contributed by atoms with Gasteiger partial charge in [-0.2, -0.15) is 4.98 Å². The van der Waals surface area contributed by atoms with Gasteiger partial charge in [0.25, 0.3) is 0 Å². The first kappa shape index (κ1) is 14.7. The summed E-state index contributed by atoms with van der Waals surface area (Å²) in [6, 6.07) is 9.65.